The van der Waals surface area contributed by atoms with Gasteiger partial charge in [0.2, 0.25) is 5.91 Å². The molecule has 0 aliphatic heterocycles. The van der Waals surface area contributed by atoms with Crippen LogP contribution in [0.2, 0.25) is 0 Å². The van der Waals surface area contributed by atoms with E-state index in [1.54, 1.807) is 12.1 Å². The van der Waals surface area contributed by atoms with Crippen LogP contribution in [0, 0.1) is 12.7 Å². The van der Waals surface area contributed by atoms with Gasteiger partial charge in [0.15, 0.2) is 0 Å². The number of halogens is 1. The number of nitrogens with one attached hydrogen (secondary N) is 2. The molecule has 0 saturated heterocycles. The van der Waals surface area contributed by atoms with E-state index in [4.69, 9.17) is 0 Å². The van der Waals surface area contributed by atoms with Crippen LogP contribution in [0.1, 0.15) is 25.8 Å². The van der Waals surface area contributed by atoms with Gasteiger partial charge in [0.1, 0.15) is 5.82 Å². The lowest BCUT2D eigenvalue weighted by molar-refractivity contribution is -0.120. The molecule has 3 nitrogen and oxygen atoms in total. The first kappa shape index (κ1) is 13.5. The van der Waals surface area contributed by atoms with Crippen LogP contribution in [0.5, 0.6) is 0 Å². The van der Waals surface area contributed by atoms with Crippen molar-refractivity contribution in [3.05, 3.63) is 29.6 Å². The van der Waals surface area contributed by atoms with E-state index in [2.05, 4.69) is 10.6 Å². The van der Waals surface area contributed by atoms with Gasteiger partial charge in [-0.3, -0.25) is 4.79 Å². The van der Waals surface area contributed by atoms with Crippen molar-refractivity contribution < 1.29 is 9.18 Å². The third-order valence-corrected chi connectivity index (χ3v) is 2.58. The molecule has 0 bridgehead atoms. The number of aryl methyl sites for hydroxylation is 1. The molecule has 0 radical (unpaired) electrons. The molecule has 1 aromatic carbocycles. The molecule has 0 aromatic heterocycles. The summed E-state index contributed by atoms with van der Waals surface area (Å²) in [5.74, 6) is -0.466. The number of hydrogen-bond donors (Lipinski definition) is 2. The smallest absolute Gasteiger partial charge is 0.239 e. The number of hydrogen-bond acceptors (Lipinski definition) is 2. The highest BCUT2D eigenvalue weighted by Crippen LogP contribution is 2.14. The number of rotatable bonds is 5. The zero-order valence-electron chi connectivity index (χ0n) is 10.5. The Hall–Kier alpha value is -1.58. The van der Waals surface area contributed by atoms with Gasteiger partial charge in [-0.15, -0.1) is 0 Å². The fourth-order valence-electron chi connectivity index (χ4n) is 1.38. The van der Waals surface area contributed by atoms with Crippen LogP contribution >= 0.6 is 0 Å². The Morgan fingerprint density at radius 2 is 2.18 bits per heavy atom. The maximum atomic E-state index is 13.4. The third kappa shape index (κ3) is 4.43. The Balaban J connectivity index is 2.50. The molecule has 1 aromatic rings. The maximum absolute atomic E-state index is 13.4. The van der Waals surface area contributed by atoms with E-state index < -0.39 is 0 Å². The first-order chi connectivity index (χ1) is 8.02. The minimum atomic E-state index is -0.341. The van der Waals surface area contributed by atoms with Gasteiger partial charge in [-0.05, 0) is 38.0 Å². The molecule has 0 aliphatic carbocycles. The van der Waals surface area contributed by atoms with Gasteiger partial charge in [0.25, 0.3) is 0 Å². The van der Waals surface area contributed by atoms with Gasteiger partial charge in [-0.1, -0.05) is 13.0 Å². The van der Waals surface area contributed by atoms with E-state index in [0.717, 1.165) is 12.0 Å². The molecule has 4 heteroatoms. The molecule has 1 rings (SSSR count). The van der Waals surface area contributed by atoms with Crippen molar-refractivity contribution in [3.63, 3.8) is 0 Å². The van der Waals surface area contributed by atoms with Crippen LogP contribution in [0.4, 0.5) is 10.1 Å². The number of carbonyl (C=O) groups is 1. The topological polar surface area (TPSA) is 41.1 Å². The van der Waals surface area contributed by atoms with Gasteiger partial charge in [-0.25, -0.2) is 4.39 Å². The molecular weight excluding hydrogens is 219 g/mol. The zero-order valence-corrected chi connectivity index (χ0v) is 10.5. The van der Waals surface area contributed by atoms with Gasteiger partial charge in [-0.2, -0.15) is 0 Å². The largest absolute Gasteiger partial charge is 0.374 e. The first-order valence-corrected chi connectivity index (χ1v) is 5.82. The highest BCUT2D eigenvalue weighted by molar-refractivity contribution is 5.81. The lowest BCUT2D eigenvalue weighted by Gasteiger charge is -2.13. The highest BCUT2D eigenvalue weighted by Gasteiger charge is 2.07. The molecule has 0 spiro atoms. The van der Waals surface area contributed by atoms with E-state index in [1.165, 1.54) is 6.07 Å². The van der Waals surface area contributed by atoms with Crippen molar-refractivity contribution in [1.82, 2.24) is 5.32 Å². The zero-order chi connectivity index (χ0) is 12.8. The molecular formula is C13H19FN2O. The lowest BCUT2D eigenvalue weighted by atomic mass is 10.2. The van der Waals surface area contributed by atoms with Crippen LogP contribution in [-0.4, -0.2) is 18.5 Å². The molecule has 1 amide bonds. The summed E-state index contributed by atoms with van der Waals surface area (Å²) in [6.07, 6.45) is 0.880. The van der Waals surface area contributed by atoms with Gasteiger partial charge in [0.05, 0.1) is 12.2 Å². The summed E-state index contributed by atoms with van der Waals surface area (Å²) in [4.78, 5) is 11.5. The molecule has 2 N–H and O–H groups in total. The number of anilines is 1. The summed E-state index contributed by atoms with van der Waals surface area (Å²) < 4.78 is 13.4. The average molecular weight is 238 g/mol. The lowest BCUT2D eigenvalue weighted by Crippen LogP contribution is -2.36. The van der Waals surface area contributed by atoms with Crippen LogP contribution in [0.3, 0.4) is 0 Å². The van der Waals surface area contributed by atoms with Crippen LogP contribution in [0.25, 0.3) is 0 Å². The Morgan fingerprint density at radius 3 is 2.82 bits per heavy atom. The van der Waals surface area contributed by atoms with Crippen molar-refractivity contribution in [2.45, 2.75) is 33.2 Å². The normalized spacial score (nSPS) is 12.0. The van der Waals surface area contributed by atoms with Crippen LogP contribution < -0.4 is 10.6 Å². The second-order valence-electron chi connectivity index (χ2n) is 4.21. The summed E-state index contributed by atoms with van der Waals surface area (Å²) in [5, 5.41) is 5.61. The van der Waals surface area contributed by atoms with Crippen molar-refractivity contribution in [1.29, 1.82) is 0 Å². The number of carbonyl (C=O) groups excluding carboxylic acids is 1. The molecule has 0 fully saturated rings. The van der Waals surface area contributed by atoms with E-state index in [9.17, 15) is 9.18 Å². The molecule has 0 saturated carbocycles. The monoisotopic (exact) mass is 238 g/mol. The molecule has 1 atom stereocenters. The minimum absolute atomic E-state index is 0.0880. The Bertz CT molecular complexity index is 393. The van der Waals surface area contributed by atoms with Gasteiger partial charge >= 0.3 is 0 Å². The fraction of sp³-hybridized carbons (Fsp3) is 0.462. The summed E-state index contributed by atoms with van der Waals surface area (Å²) in [7, 11) is 0. The maximum Gasteiger partial charge on any atom is 0.239 e. The summed E-state index contributed by atoms with van der Waals surface area (Å²) >= 11 is 0. The predicted molar refractivity (Wildman–Crippen MR) is 67.5 cm³/mol. The van der Waals surface area contributed by atoms with Crippen LogP contribution in [-0.2, 0) is 4.79 Å². The second-order valence-corrected chi connectivity index (χ2v) is 4.21. The first-order valence-electron chi connectivity index (χ1n) is 5.82. The fourth-order valence-corrected chi connectivity index (χ4v) is 1.38. The standard InChI is InChI=1S/C13H19FN2O/c1-4-10(3)16-13(17)8-15-12-7-9(2)5-6-11(12)14/h5-7,10,15H,4,8H2,1-3H3,(H,16,17). The highest BCUT2D eigenvalue weighted by atomic mass is 19.1. The Morgan fingerprint density at radius 1 is 1.47 bits per heavy atom. The van der Waals surface area contributed by atoms with E-state index >= 15 is 0 Å². The quantitative estimate of drug-likeness (QED) is 0.827. The second kappa shape index (κ2) is 6.23. The molecule has 94 valence electrons. The van der Waals surface area contributed by atoms with Crippen molar-refractivity contribution >= 4 is 11.6 Å². The van der Waals surface area contributed by atoms with E-state index in [1.807, 2.05) is 20.8 Å². The predicted octanol–water partition coefficient (Wildman–Crippen LogP) is 2.46. The van der Waals surface area contributed by atoms with E-state index in [-0.39, 0.29) is 24.3 Å². The summed E-state index contributed by atoms with van der Waals surface area (Å²) in [6.45, 7) is 5.90. The van der Waals surface area contributed by atoms with Crippen LogP contribution in [0.15, 0.2) is 18.2 Å². The Labute approximate surface area is 101 Å². The van der Waals surface area contributed by atoms with Crippen molar-refractivity contribution in [2.75, 3.05) is 11.9 Å². The van der Waals surface area contributed by atoms with Crippen molar-refractivity contribution in [2.24, 2.45) is 0 Å². The molecule has 0 heterocycles. The Kier molecular flexibility index (Phi) is 4.94. The number of benzene rings is 1. The van der Waals surface area contributed by atoms with Gasteiger partial charge < -0.3 is 10.6 Å². The molecule has 0 aliphatic rings. The minimum Gasteiger partial charge on any atom is -0.374 e. The van der Waals surface area contributed by atoms with Gasteiger partial charge in [0, 0.05) is 6.04 Å². The van der Waals surface area contributed by atoms with E-state index in [0.29, 0.717) is 5.69 Å². The summed E-state index contributed by atoms with van der Waals surface area (Å²) in [6, 6.07) is 4.92. The third-order valence-electron chi connectivity index (χ3n) is 2.58. The molecule has 1 unspecified atom stereocenters. The number of amides is 1. The van der Waals surface area contributed by atoms with Crippen molar-refractivity contribution in [3.8, 4) is 0 Å². The average Bonchev–Trinajstić information content (AvgIpc) is 2.30. The SMILES string of the molecule is CCC(C)NC(=O)CNc1cc(C)ccc1F. The molecule has 17 heavy (non-hydrogen) atoms. The summed E-state index contributed by atoms with van der Waals surface area (Å²) in [5.41, 5.74) is 1.32.